The molecule has 0 radical (unpaired) electrons. The Balaban J connectivity index is 1.77. The lowest BCUT2D eigenvalue weighted by Crippen LogP contribution is -2.34. The molecule has 17 heavy (non-hydrogen) atoms. The molecule has 1 aliphatic heterocycles. The lowest BCUT2D eigenvalue weighted by Gasteiger charge is -2.30. The van der Waals surface area contributed by atoms with Gasteiger partial charge in [-0.3, -0.25) is 4.90 Å². The van der Waals surface area contributed by atoms with Crippen molar-refractivity contribution in [3.8, 4) is 0 Å². The summed E-state index contributed by atoms with van der Waals surface area (Å²) in [7, 11) is 1.78. The van der Waals surface area contributed by atoms with Gasteiger partial charge in [-0.1, -0.05) is 0 Å². The lowest BCUT2D eigenvalue weighted by atomic mass is 9.98. The van der Waals surface area contributed by atoms with Crippen molar-refractivity contribution in [2.45, 2.75) is 25.9 Å². The molecule has 1 aromatic heterocycles. The van der Waals surface area contributed by atoms with Crippen molar-refractivity contribution in [2.75, 3.05) is 26.8 Å². The van der Waals surface area contributed by atoms with Crippen LogP contribution in [-0.4, -0.2) is 31.7 Å². The highest BCUT2D eigenvalue weighted by atomic mass is 16.5. The summed E-state index contributed by atoms with van der Waals surface area (Å²) in [6.45, 7) is 4.62. The third-order valence-electron chi connectivity index (χ3n) is 3.43. The Morgan fingerprint density at radius 3 is 2.82 bits per heavy atom. The van der Waals surface area contributed by atoms with Crippen LogP contribution in [0.2, 0.25) is 0 Å². The Morgan fingerprint density at radius 1 is 1.47 bits per heavy atom. The van der Waals surface area contributed by atoms with Crippen LogP contribution in [0.1, 0.15) is 24.2 Å². The minimum atomic E-state index is 0.555. The van der Waals surface area contributed by atoms with Crippen LogP contribution >= 0.6 is 0 Å². The summed E-state index contributed by atoms with van der Waals surface area (Å²) in [6, 6.07) is 2.06. The lowest BCUT2D eigenvalue weighted by molar-refractivity contribution is 0.0939. The van der Waals surface area contributed by atoms with Crippen LogP contribution in [0.3, 0.4) is 0 Å². The van der Waals surface area contributed by atoms with E-state index in [1.54, 1.807) is 13.4 Å². The number of hydrogen-bond donors (Lipinski definition) is 1. The smallest absolute Gasteiger partial charge is 0.118 e. The van der Waals surface area contributed by atoms with Crippen LogP contribution in [0.15, 0.2) is 16.7 Å². The maximum Gasteiger partial charge on any atom is 0.118 e. The zero-order valence-electron chi connectivity index (χ0n) is 10.5. The van der Waals surface area contributed by atoms with E-state index < -0.39 is 0 Å². The SMILES string of the molecule is COCC1CCN(Cc2cc(CN)co2)CC1. The minimum absolute atomic E-state index is 0.555. The molecule has 1 aromatic rings. The van der Waals surface area contributed by atoms with E-state index in [1.807, 2.05) is 0 Å². The van der Waals surface area contributed by atoms with Crippen LogP contribution < -0.4 is 5.73 Å². The number of ether oxygens (including phenoxy) is 1. The van der Waals surface area contributed by atoms with Gasteiger partial charge in [-0.05, 0) is 37.9 Å². The second kappa shape index (κ2) is 6.19. The molecule has 0 saturated carbocycles. The molecule has 1 saturated heterocycles. The molecule has 2 rings (SSSR count). The van der Waals surface area contributed by atoms with Crippen molar-refractivity contribution >= 4 is 0 Å². The van der Waals surface area contributed by atoms with Gasteiger partial charge in [0.15, 0.2) is 0 Å². The molecule has 0 spiro atoms. The second-order valence-corrected chi connectivity index (χ2v) is 4.80. The van der Waals surface area contributed by atoms with Crippen LogP contribution in [0.4, 0.5) is 0 Å². The monoisotopic (exact) mass is 238 g/mol. The van der Waals surface area contributed by atoms with Gasteiger partial charge in [-0.25, -0.2) is 0 Å². The summed E-state index contributed by atoms with van der Waals surface area (Å²) in [4.78, 5) is 2.44. The Labute approximate surface area is 103 Å². The molecule has 4 nitrogen and oxygen atoms in total. The summed E-state index contributed by atoms with van der Waals surface area (Å²) in [5.41, 5.74) is 6.64. The van der Waals surface area contributed by atoms with E-state index in [9.17, 15) is 0 Å². The third kappa shape index (κ3) is 3.56. The van der Waals surface area contributed by atoms with Crippen molar-refractivity contribution in [1.82, 2.24) is 4.90 Å². The van der Waals surface area contributed by atoms with E-state index in [4.69, 9.17) is 14.9 Å². The Bertz CT molecular complexity index is 330. The number of furan rings is 1. The minimum Gasteiger partial charge on any atom is -0.468 e. The molecule has 2 heterocycles. The maximum absolute atomic E-state index is 5.56. The second-order valence-electron chi connectivity index (χ2n) is 4.80. The van der Waals surface area contributed by atoms with Crippen molar-refractivity contribution in [1.29, 1.82) is 0 Å². The van der Waals surface area contributed by atoms with E-state index in [1.165, 1.54) is 12.8 Å². The number of hydrogen-bond acceptors (Lipinski definition) is 4. The quantitative estimate of drug-likeness (QED) is 0.846. The van der Waals surface area contributed by atoms with Crippen molar-refractivity contribution in [2.24, 2.45) is 11.7 Å². The number of likely N-dealkylation sites (tertiary alicyclic amines) is 1. The highest BCUT2D eigenvalue weighted by molar-refractivity contribution is 5.12. The van der Waals surface area contributed by atoms with Gasteiger partial charge in [-0.2, -0.15) is 0 Å². The number of rotatable bonds is 5. The normalized spacial score (nSPS) is 18.7. The summed E-state index contributed by atoms with van der Waals surface area (Å²) in [5, 5.41) is 0. The van der Waals surface area contributed by atoms with Crippen molar-refractivity contribution in [3.63, 3.8) is 0 Å². The highest BCUT2D eigenvalue weighted by Gasteiger charge is 2.19. The molecular formula is C13H22N2O2. The molecule has 0 atom stereocenters. The van der Waals surface area contributed by atoms with Crippen LogP contribution in [0.25, 0.3) is 0 Å². The Morgan fingerprint density at radius 2 is 2.24 bits per heavy atom. The molecule has 2 N–H and O–H groups in total. The van der Waals surface area contributed by atoms with Gasteiger partial charge in [0, 0.05) is 25.8 Å². The Hall–Kier alpha value is -0.840. The molecule has 96 valence electrons. The molecule has 0 aromatic carbocycles. The zero-order chi connectivity index (χ0) is 12.1. The van der Waals surface area contributed by atoms with Gasteiger partial charge in [0.05, 0.1) is 12.8 Å². The van der Waals surface area contributed by atoms with Crippen molar-refractivity contribution < 1.29 is 9.15 Å². The molecule has 0 aliphatic carbocycles. The first-order valence-electron chi connectivity index (χ1n) is 6.29. The predicted octanol–water partition coefficient (Wildman–Crippen LogP) is 1.60. The zero-order valence-corrected chi connectivity index (χ0v) is 10.5. The van der Waals surface area contributed by atoms with Gasteiger partial charge >= 0.3 is 0 Å². The van der Waals surface area contributed by atoms with Gasteiger partial charge in [0.25, 0.3) is 0 Å². The first-order chi connectivity index (χ1) is 8.31. The number of nitrogens with zero attached hydrogens (tertiary/aromatic N) is 1. The fourth-order valence-electron chi connectivity index (χ4n) is 2.38. The molecule has 0 bridgehead atoms. The summed E-state index contributed by atoms with van der Waals surface area (Å²) in [5.74, 6) is 1.75. The van der Waals surface area contributed by atoms with E-state index in [0.717, 1.165) is 43.5 Å². The molecule has 0 amide bonds. The average Bonchev–Trinajstić information content (AvgIpc) is 2.80. The van der Waals surface area contributed by atoms with Gasteiger partial charge in [0.1, 0.15) is 5.76 Å². The number of piperidine rings is 1. The Kier molecular flexibility index (Phi) is 4.59. The van der Waals surface area contributed by atoms with Crippen LogP contribution in [0.5, 0.6) is 0 Å². The molecule has 4 heteroatoms. The fourth-order valence-corrected chi connectivity index (χ4v) is 2.38. The average molecular weight is 238 g/mol. The van der Waals surface area contributed by atoms with E-state index in [2.05, 4.69) is 11.0 Å². The van der Waals surface area contributed by atoms with Gasteiger partial charge in [0.2, 0.25) is 0 Å². The maximum atomic E-state index is 5.56. The van der Waals surface area contributed by atoms with E-state index in [0.29, 0.717) is 6.54 Å². The summed E-state index contributed by atoms with van der Waals surface area (Å²) >= 11 is 0. The molecule has 0 unspecified atom stereocenters. The molecular weight excluding hydrogens is 216 g/mol. The fraction of sp³-hybridized carbons (Fsp3) is 0.692. The van der Waals surface area contributed by atoms with E-state index >= 15 is 0 Å². The standard InChI is InChI=1S/C13H22N2O2/c1-16-9-11-2-4-15(5-3-11)8-13-6-12(7-14)10-17-13/h6,10-11H,2-5,7-9,14H2,1H3. The summed E-state index contributed by atoms with van der Waals surface area (Å²) in [6.07, 6.45) is 4.20. The first-order valence-corrected chi connectivity index (χ1v) is 6.29. The molecule has 1 fully saturated rings. The predicted molar refractivity (Wildman–Crippen MR) is 66.5 cm³/mol. The number of methoxy groups -OCH3 is 1. The molecule has 1 aliphatic rings. The van der Waals surface area contributed by atoms with E-state index in [-0.39, 0.29) is 0 Å². The first kappa shape index (κ1) is 12.6. The van der Waals surface area contributed by atoms with Crippen LogP contribution in [0, 0.1) is 5.92 Å². The van der Waals surface area contributed by atoms with Gasteiger partial charge in [-0.15, -0.1) is 0 Å². The largest absolute Gasteiger partial charge is 0.468 e. The number of nitrogens with two attached hydrogens (primary N) is 1. The summed E-state index contributed by atoms with van der Waals surface area (Å²) < 4.78 is 10.7. The van der Waals surface area contributed by atoms with Gasteiger partial charge < -0.3 is 14.9 Å². The van der Waals surface area contributed by atoms with Crippen molar-refractivity contribution in [3.05, 3.63) is 23.7 Å². The third-order valence-corrected chi connectivity index (χ3v) is 3.43. The highest BCUT2D eigenvalue weighted by Crippen LogP contribution is 2.19. The topological polar surface area (TPSA) is 51.6 Å². The van der Waals surface area contributed by atoms with Crippen LogP contribution in [-0.2, 0) is 17.8 Å².